The lowest BCUT2D eigenvalue weighted by molar-refractivity contribution is 0.174. The normalized spacial score (nSPS) is 29.6. The van der Waals surface area contributed by atoms with Gasteiger partial charge in [0.2, 0.25) is 0 Å². The number of nitrogens with one attached hydrogen (secondary N) is 1. The lowest BCUT2D eigenvalue weighted by atomic mass is 10.3. The van der Waals surface area contributed by atoms with Gasteiger partial charge in [0.25, 0.3) is 0 Å². The van der Waals surface area contributed by atoms with E-state index in [1.807, 2.05) is 0 Å². The molecule has 1 unspecified atom stereocenters. The van der Waals surface area contributed by atoms with E-state index >= 15 is 0 Å². The van der Waals surface area contributed by atoms with E-state index in [-0.39, 0.29) is 11.8 Å². The number of ether oxygens (including phenoxy) is 1. The summed E-state index contributed by atoms with van der Waals surface area (Å²) in [7, 11) is -1.25. The Labute approximate surface area is 73.2 Å². The maximum atomic E-state index is 11.3. The van der Waals surface area contributed by atoms with E-state index in [4.69, 9.17) is 4.74 Å². The van der Waals surface area contributed by atoms with Crippen LogP contribution in [-0.4, -0.2) is 46.2 Å². The number of hydrogen-bond acceptors (Lipinski definition) is 4. The summed E-state index contributed by atoms with van der Waals surface area (Å²) in [6.45, 7) is 1.24. The molecule has 1 aliphatic heterocycles. The van der Waals surface area contributed by atoms with Crippen molar-refractivity contribution in [1.82, 2.24) is 5.32 Å². The Balaban J connectivity index is 2.54. The first-order chi connectivity index (χ1) is 5.64. The highest BCUT2D eigenvalue weighted by Crippen LogP contribution is 2.02. The summed E-state index contributed by atoms with van der Waals surface area (Å²) in [5.74, 6) is 0.515. The molecular weight excluding hydrogens is 178 g/mol. The van der Waals surface area contributed by atoms with Gasteiger partial charge in [0.1, 0.15) is 0 Å². The average molecular weight is 193 g/mol. The summed E-state index contributed by atoms with van der Waals surface area (Å²) in [5, 5.41) is 3.13. The summed E-state index contributed by atoms with van der Waals surface area (Å²) in [6, 6.07) is -0.0255. The Bertz CT molecular complexity index is 225. The minimum absolute atomic E-state index is 0.0255. The fourth-order valence-corrected chi connectivity index (χ4v) is 2.93. The number of methoxy groups -OCH3 is 1. The van der Waals surface area contributed by atoms with Crippen molar-refractivity contribution < 1.29 is 13.2 Å². The predicted molar refractivity (Wildman–Crippen MR) is 46.9 cm³/mol. The molecule has 1 aliphatic rings. The quantitative estimate of drug-likeness (QED) is 0.637. The van der Waals surface area contributed by atoms with Crippen molar-refractivity contribution in [3.8, 4) is 0 Å². The van der Waals surface area contributed by atoms with Crippen LogP contribution in [0.1, 0.15) is 6.42 Å². The fourth-order valence-electron chi connectivity index (χ4n) is 1.36. The van der Waals surface area contributed by atoms with Gasteiger partial charge in [0.05, 0.1) is 18.1 Å². The van der Waals surface area contributed by atoms with Gasteiger partial charge in [-0.15, -0.1) is 0 Å². The molecule has 0 aromatic carbocycles. The summed E-state index contributed by atoms with van der Waals surface area (Å²) in [6.07, 6.45) is 0.711. The highest BCUT2D eigenvalue weighted by atomic mass is 32.2. The average Bonchev–Trinajstić information content (AvgIpc) is 2.11. The van der Waals surface area contributed by atoms with Crippen molar-refractivity contribution >= 4 is 9.84 Å². The van der Waals surface area contributed by atoms with E-state index in [1.54, 1.807) is 7.11 Å². The van der Waals surface area contributed by atoms with Gasteiger partial charge in [-0.1, -0.05) is 0 Å². The zero-order valence-electron chi connectivity index (χ0n) is 7.25. The molecule has 0 radical (unpaired) electrons. The van der Waals surface area contributed by atoms with E-state index in [9.17, 15) is 8.42 Å². The largest absolute Gasteiger partial charge is 0.383 e. The molecule has 1 atom stereocenters. The van der Waals surface area contributed by atoms with Gasteiger partial charge in [-0.2, -0.15) is 0 Å². The lowest BCUT2D eigenvalue weighted by Gasteiger charge is -2.13. The Hall–Kier alpha value is -0.130. The Morgan fingerprint density at radius 3 is 3.00 bits per heavy atom. The Kier molecular flexibility index (Phi) is 3.49. The topological polar surface area (TPSA) is 55.4 Å². The standard InChI is InChI=1S/C7H15NO3S/c1-11-5-7-6-12(9,10)4-2-3-8-7/h7-8H,2-6H2,1H3. The van der Waals surface area contributed by atoms with Crippen LogP contribution in [0.15, 0.2) is 0 Å². The zero-order chi connectivity index (χ0) is 9.03. The van der Waals surface area contributed by atoms with E-state index in [0.717, 1.165) is 6.54 Å². The van der Waals surface area contributed by atoms with E-state index in [0.29, 0.717) is 18.8 Å². The Morgan fingerprint density at radius 1 is 1.58 bits per heavy atom. The smallest absolute Gasteiger partial charge is 0.151 e. The van der Waals surface area contributed by atoms with Crippen molar-refractivity contribution in [2.45, 2.75) is 12.5 Å². The molecule has 0 amide bonds. The van der Waals surface area contributed by atoms with Crippen LogP contribution in [0.2, 0.25) is 0 Å². The van der Waals surface area contributed by atoms with Crippen molar-refractivity contribution in [1.29, 1.82) is 0 Å². The minimum Gasteiger partial charge on any atom is -0.383 e. The van der Waals surface area contributed by atoms with Gasteiger partial charge in [-0.25, -0.2) is 8.42 Å². The van der Waals surface area contributed by atoms with Crippen molar-refractivity contribution in [3.05, 3.63) is 0 Å². The summed E-state index contributed by atoms with van der Waals surface area (Å²) < 4.78 is 27.4. The van der Waals surface area contributed by atoms with E-state index in [1.165, 1.54) is 0 Å². The van der Waals surface area contributed by atoms with Crippen LogP contribution >= 0.6 is 0 Å². The van der Waals surface area contributed by atoms with Crippen molar-refractivity contribution in [3.63, 3.8) is 0 Å². The molecule has 1 heterocycles. The number of rotatable bonds is 2. The molecule has 0 aliphatic carbocycles. The van der Waals surface area contributed by atoms with Crippen LogP contribution in [0, 0.1) is 0 Å². The second-order valence-electron chi connectivity index (χ2n) is 3.07. The van der Waals surface area contributed by atoms with Gasteiger partial charge in [-0.05, 0) is 13.0 Å². The van der Waals surface area contributed by atoms with Crippen LogP contribution in [0.5, 0.6) is 0 Å². The van der Waals surface area contributed by atoms with E-state index < -0.39 is 9.84 Å². The SMILES string of the molecule is COCC1CS(=O)(=O)CCCN1. The molecule has 0 saturated carbocycles. The van der Waals surface area contributed by atoms with Crippen LogP contribution in [0.25, 0.3) is 0 Å². The monoisotopic (exact) mass is 193 g/mol. The van der Waals surface area contributed by atoms with Crippen LogP contribution in [-0.2, 0) is 14.6 Å². The van der Waals surface area contributed by atoms with Gasteiger partial charge < -0.3 is 10.1 Å². The molecule has 1 saturated heterocycles. The van der Waals surface area contributed by atoms with Gasteiger partial charge in [-0.3, -0.25) is 0 Å². The molecule has 72 valence electrons. The van der Waals surface area contributed by atoms with Crippen molar-refractivity contribution in [2.24, 2.45) is 0 Å². The molecular formula is C7H15NO3S. The third-order valence-electron chi connectivity index (χ3n) is 1.89. The van der Waals surface area contributed by atoms with Crippen LogP contribution < -0.4 is 5.32 Å². The molecule has 0 bridgehead atoms. The molecule has 12 heavy (non-hydrogen) atoms. The van der Waals surface area contributed by atoms with Gasteiger partial charge in [0, 0.05) is 13.2 Å². The molecule has 0 spiro atoms. The fraction of sp³-hybridized carbons (Fsp3) is 1.00. The molecule has 0 aromatic heterocycles. The molecule has 0 aromatic rings. The molecule has 1 N–H and O–H groups in total. The van der Waals surface area contributed by atoms with Crippen LogP contribution in [0.4, 0.5) is 0 Å². The van der Waals surface area contributed by atoms with Crippen molar-refractivity contribution in [2.75, 3.05) is 31.8 Å². The number of sulfone groups is 1. The maximum Gasteiger partial charge on any atom is 0.151 e. The summed E-state index contributed by atoms with van der Waals surface area (Å²) in [4.78, 5) is 0. The first kappa shape index (κ1) is 9.95. The van der Waals surface area contributed by atoms with Gasteiger partial charge in [0.15, 0.2) is 9.84 Å². The minimum atomic E-state index is -2.83. The second-order valence-corrected chi connectivity index (χ2v) is 5.30. The molecule has 4 nitrogen and oxygen atoms in total. The Morgan fingerprint density at radius 2 is 2.33 bits per heavy atom. The molecule has 1 rings (SSSR count). The summed E-state index contributed by atoms with van der Waals surface area (Å²) >= 11 is 0. The van der Waals surface area contributed by atoms with Gasteiger partial charge >= 0.3 is 0 Å². The maximum absolute atomic E-state index is 11.3. The number of hydrogen-bond donors (Lipinski definition) is 1. The lowest BCUT2D eigenvalue weighted by Crippen LogP contribution is -2.37. The summed E-state index contributed by atoms with van der Waals surface area (Å²) in [5.41, 5.74) is 0. The second kappa shape index (κ2) is 4.20. The predicted octanol–water partition coefficient (Wildman–Crippen LogP) is -0.590. The molecule has 1 fully saturated rings. The first-order valence-electron chi connectivity index (χ1n) is 4.07. The third-order valence-corrected chi connectivity index (χ3v) is 3.71. The van der Waals surface area contributed by atoms with E-state index in [2.05, 4.69) is 5.32 Å². The van der Waals surface area contributed by atoms with Crippen LogP contribution in [0.3, 0.4) is 0 Å². The first-order valence-corrected chi connectivity index (χ1v) is 5.89. The highest BCUT2D eigenvalue weighted by molar-refractivity contribution is 7.91. The zero-order valence-corrected chi connectivity index (χ0v) is 8.06. The third kappa shape index (κ3) is 3.08. The highest BCUT2D eigenvalue weighted by Gasteiger charge is 2.21. The molecule has 5 heteroatoms.